The third kappa shape index (κ3) is 6.26. The number of aromatic hydroxyl groups is 1. The van der Waals surface area contributed by atoms with Gasteiger partial charge in [0.15, 0.2) is 0 Å². The predicted octanol–water partition coefficient (Wildman–Crippen LogP) is 3.31. The van der Waals surface area contributed by atoms with Crippen LogP contribution >= 0.6 is 11.9 Å². The summed E-state index contributed by atoms with van der Waals surface area (Å²) in [6.45, 7) is 6.41. The quantitative estimate of drug-likeness (QED) is 0.589. The van der Waals surface area contributed by atoms with Crippen molar-refractivity contribution in [3.05, 3.63) is 24.3 Å². The Balaban J connectivity index is 1.60. The van der Waals surface area contributed by atoms with Crippen LogP contribution in [0.1, 0.15) is 26.2 Å². The first kappa shape index (κ1) is 16.6. The SMILES string of the molecule is CCCOCCOC1CCN(Sc2ccc(O)cc2)CC1. The van der Waals surface area contributed by atoms with Gasteiger partial charge in [-0.3, -0.25) is 0 Å². The van der Waals surface area contributed by atoms with Gasteiger partial charge in [0, 0.05) is 24.6 Å². The molecule has 0 spiro atoms. The molecule has 0 unspecified atom stereocenters. The molecule has 118 valence electrons. The van der Waals surface area contributed by atoms with Crippen LogP contribution in [0.4, 0.5) is 0 Å². The highest BCUT2D eigenvalue weighted by Gasteiger charge is 2.20. The van der Waals surface area contributed by atoms with E-state index in [1.165, 1.54) is 4.90 Å². The van der Waals surface area contributed by atoms with Crippen LogP contribution in [0.25, 0.3) is 0 Å². The molecule has 1 N–H and O–H groups in total. The van der Waals surface area contributed by atoms with Crippen LogP contribution in [0.3, 0.4) is 0 Å². The number of phenols is 1. The van der Waals surface area contributed by atoms with Crippen LogP contribution in [0.2, 0.25) is 0 Å². The first-order valence-electron chi connectivity index (χ1n) is 7.69. The number of ether oxygens (including phenoxy) is 2. The van der Waals surface area contributed by atoms with E-state index in [1.54, 1.807) is 24.1 Å². The van der Waals surface area contributed by atoms with Gasteiger partial charge in [0.25, 0.3) is 0 Å². The number of hydrogen-bond donors (Lipinski definition) is 1. The summed E-state index contributed by atoms with van der Waals surface area (Å²) in [6, 6.07) is 7.37. The number of phenolic OH excluding ortho intramolecular Hbond substituents is 1. The molecule has 1 heterocycles. The van der Waals surface area contributed by atoms with Crippen LogP contribution in [-0.2, 0) is 9.47 Å². The summed E-state index contributed by atoms with van der Waals surface area (Å²) >= 11 is 1.75. The van der Waals surface area contributed by atoms with Gasteiger partial charge in [-0.15, -0.1) is 0 Å². The Labute approximate surface area is 131 Å². The summed E-state index contributed by atoms with van der Waals surface area (Å²) < 4.78 is 13.6. The summed E-state index contributed by atoms with van der Waals surface area (Å²) in [4.78, 5) is 1.17. The van der Waals surface area contributed by atoms with Gasteiger partial charge in [-0.1, -0.05) is 6.92 Å². The van der Waals surface area contributed by atoms with E-state index in [0.29, 0.717) is 25.1 Å². The minimum atomic E-state index is 0.316. The van der Waals surface area contributed by atoms with Gasteiger partial charge in [-0.2, -0.15) is 0 Å². The van der Waals surface area contributed by atoms with Crippen molar-refractivity contribution in [2.75, 3.05) is 32.9 Å². The van der Waals surface area contributed by atoms with Gasteiger partial charge < -0.3 is 14.6 Å². The van der Waals surface area contributed by atoms with E-state index >= 15 is 0 Å². The maximum atomic E-state index is 9.28. The molecular weight excluding hydrogens is 286 g/mol. The van der Waals surface area contributed by atoms with Crippen LogP contribution < -0.4 is 0 Å². The maximum absolute atomic E-state index is 9.28. The monoisotopic (exact) mass is 311 g/mol. The van der Waals surface area contributed by atoms with Crippen LogP contribution in [0, 0.1) is 0 Å². The van der Waals surface area contributed by atoms with E-state index in [0.717, 1.165) is 39.0 Å². The van der Waals surface area contributed by atoms with Crippen molar-refractivity contribution < 1.29 is 14.6 Å². The van der Waals surface area contributed by atoms with E-state index in [1.807, 2.05) is 12.1 Å². The second-order valence-electron chi connectivity index (χ2n) is 5.20. The first-order valence-corrected chi connectivity index (χ1v) is 8.46. The van der Waals surface area contributed by atoms with Crippen molar-refractivity contribution in [3.63, 3.8) is 0 Å². The van der Waals surface area contributed by atoms with Gasteiger partial charge in [-0.05, 0) is 55.5 Å². The van der Waals surface area contributed by atoms with Crippen molar-refractivity contribution in [2.45, 2.75) is 37.2 Å². The molecule has 4 nitrogen and oxygen atoms in total. The predicted molar refractivity (Wildman–Crippen MR) is 85.6 cm³/mol. The Morgan fingerprint density at radius 1 is 1.14 bits per heavy atom. The minimum absolute atomic E-state index is 0.316. The molecule has 1 aliphatic heterocycles. The lowest BCUT2D eigenvalue weighted by Crippen LogP contribution is -2.33. The molecule has 0 radical (unpaired) electrons. The van der Waals surface area contributed by atoms with Crippen LogP contribution in [0.15, 0.2) is 29.2 Å². The molecule has 5 heteroatoms. The molecule has 1 aromatic carbocycles. The average Bonchev–Trinajstić information content (AvgIpc) is 2.51. The Morgan fingerprint density at radius 3 is 2.52 bits per heavy atom. The molecule has 1 aliphatic rings. The fourth-order valence-corrected chi connectivity index (χ4v) is 3.22. The van der Waals surface area contributed by atoms with Gasteiger partial charge in [0.2, 0.25) is 0 Å². The molecule has 0 atom stereocenters. The third-order valence-electron chi connectivity index (χ3n) is 3.40. The Bertz CT molecular complexity index is 391. The van der Waals surface area contributed by atoms with Gasteiger partial charge in [-0.25, -0.2) is 4.31 Å². The summed E-state index contributed by atoms with van der Waals surface area (Å²) in [5.41, 5.74) is 0. The number of hydrogen-bond acceptors (Lipinski definition) is 5. The van der Waals surface area contributed by atoms with Crippen molar-refractivity contribution in [1.29, 1.82) is 0 Å². The molecule has 2 rings (SSSR count). The number of nitrogens with zero attached hydrogens (tertiary/aromatic N) is 1. The molecule has 1 fully saturated rings. The summed E-state index contributed by atoms with van der Waals surface area (Å²) in [7, 11) is 0. The fourth-order valence-electron chi connectivity index (χ4n) is 2.27. The van der Waals surface area contributed by atoms with E-state index in [2.05, 4.69) is 11.2 Å². The average molecular weight is 311 g/mol. The zero-order chi connectivity index (χ0) is 14.9. The lowest BCUT2D eigenvalue weighted by molar-refractivity contribution is -0.0132. The highest BCUT2D eigenvalue weighted by molar-refractivity contribution is 7.97. The number of piperidine rings is 1. The largest absolute Gasteiger partial charge is 0.508 e. The molecule has 21 heavy (non-hydrogen) atoms. The van der Waals surface area contributed by atoms with E-state index in [-0.39, 0.29) is 0 Å². The fraction of sp³-hybridized carbons (Fsp3) is 0.625. The molecule has 0 amide bonds. The smallest absolute Gasteiger partial charge is 0.115 e. The highest BCUT2D eigenvalue weighted by atomic mass is 32.2. The van der Waals surface area contributed by atoms with E-state index < -0.39 is 0 Å². The van der Waals surface area contributed by atoms with Crippen molar-refractivity contribution in [3.8, 4) is 5.75 Å². The van der Waals surface area contributed by atoms with Gasteiger partial charge in [0.05, 0.1) is 19.3 Å². The molecule has 0 aliphatic carbocycles. The lowest BCUT2D eigenvalue weighted by atomic mass is 10.1. The molecule has 1 saturated heterocycles. The first-order chi connectivity index (χ1) is 10.3. The topological polar surface area (TPSA) is 41.9 Å². The molecule has 1 aromatic rings. The lowest BCUT2D eigenvalue weighted by Gasteiger charge is -2.30. The van der Waals surface area contributed by atoms with Crippen LogP contribution in [0.5, 0.6) is 5.75 Å². The zero-order valence-electron chi connectivity index (χ0n) is 12.7. The Kier molecular flexibility index (Phi) is 7.36. The van der Waals surface area contributed by atoms with Gasteiger partial charge >= 0.3 is 0 Å². The van der Waals surface area contributed by atoms with Crippen molar-refractivity contribution >= 4 is 11.9 Å². The highest BCUT2D eigenvalue weighted by Crippen LogP contribution is 2.28. The molecular formula is C16H25NO3S. The van der Waals surface area contributed by atoms with Crippen molar-refractivity contribution in [1.82, 2.24) is 4.31 Å². The van der Waals surface area contributed by atoms with Crippen LogP contribution in [-0.4, -0.2) is 48.4 Å². The molecule has 0 bridgehead atoms. The summed E-state index contributed by atoms with van der Waals surface area (Å²) in [5, 5.41) is 9.28. The van der Waals surface area contributed by atoms with E-state index in [9.17, 15) is 5.11 Å². The van der Waals surface area contributed by atoms with E-state index in [4.69, 9.17) is 9.47 Å². The number of benzene rings is 1. The maximum Gasteiger partial charge on any atom is 0.115 e. The standard InChI is InChI=1S/C16H25NO3S/c1-2-11-19-12-13-20-15-7-9-17(10-8-15)21-16-5-3-14(18)4-6-16/h3-6,15,18H,2,7-13H2,1H3. The Hall–Kier alpha value is -0.750. The summed E-state index contributed by atoms with van der Waals surface area (Å²) in [5.74, 6) is 0.316. The molecule has 0 aromatic heterocycles. The van der Waals surface area contributed by atoms with Crippen molar-refractivity contribution in [2.24, 2.45) is 0 Å². The minimum Gasteiger partial charge on any atom is -0.508 e. The van der Waals surface area contributed by atoms with Gasteiger partial charge in [0.1, 0.15) is 5.75 Å². The second kappa shape index (κ2) is 9.30. The Morgan fingerprint density at radius 2 is 1.86 bits per heavy atom. The zero-order valence-corrected chi connectivity index (χ0v) is 13.5. The number of rotatable bonds is 8. The summed E-state index contributed by atoms with van der Waals surface area (Å²) in [6.07, 6.45) is 3.57. The molecule has 0 saturated carbocycles. The third-order valence-corrected chi connectivity index (χ3v) is 4.51. The normalized spacial score (nSPS) is 17.2. The second-order valence-corrected chi connectivity index (χ2v) is 6.37.